The highest BCUT2D eigenvalue weighted by Crippen LogP contribution is 2.59. The van der Waals surface area contributed by atoms with Crippen molar-refractivity contribution in [3.05, 3.63) is 35.9 Å². The smallest absolute Gasteiger partial charge is 0.0874 e. The molecule has 0 aromatic heterocycles. The molecule has 3 heteroatoms. The molecule has 1 aromatic rings. The maximum absolute atomic E-state index is 10.9. The minimum absolute atomic E-state index is 0.0404. The first-order chi connectivity index (χ1) is 9.15. The average molecular weight is 294 g/mol. The van der Waals surface area contributed by atoms with Crippen molar-refractivity contribution in [1.29, 1.82) is 0 Å². The van der Waals surface area contributed by atoms with Crippen molar-refractivity contribution in [1.82, 2.24) is 0 Å². The van der Waals surface area contributed by atoms with Crippen LogP contribution < -0.4 is 0 Å². The zero-order valence-electron chi connectivity index (χ0n) is 11.5. The van der Waals surface area contributed by atoms with E-state index in [1.807, 2.05) is 23.5 Å². The van der Waals surface area contributed by atoms with Crippen LogP contribution in [0.1, 0.15) is 31.7 Å². The first-order valence-corrected chi connectivity index (χ1v) is 9.12. The predicted molar refractivity (Wildman–Crippen MR) is 85.8 cm³/mol. The zero-order chi connectivity index (χ0) is 13.3. The van der Waals surface area contributed by atoms with Gasteiger partial charge in [-0.1, -0.05) is 37.3 Å². The Morgan fingerprint density at radius 3 is 2.53 bits per heavy atom. The lowest BCUT2D eigenvalue weighted by Gasteiger charge is -2.39. The lowest BCUT2D eigenvalue weighted by Crippen LogP contribution is -2.42. The molecule has 1 aromatic carbocycles. The van der Waals surface area contributed by atoms with Crippen molar-refractivity contribution in [2.75, 3.05) is 11.5 Å². The summed E-state index contributed by atoms with van der Waals surface area (Å²) < 4.78 is 0.0851. The molecule has 1 spiro atoms. The van der Waals surface area contributed by atoms with Crippen molar-refractivity contribution < 1.29 is 5.11 Å². The summed E-state index contributed by atoms with van der Waals surface area (Å²) in [6, 6.07) is 10.6. The molecule has 1 aliphatic heterocycles. The van der Waals surface area contributed by atoms with Gasteiger partial charge in [0.1, 0.15) is 0 Å². The van der Waals surface area contributed by atoms with Gasteiger partial charge in [0.25, 0.3) is 0 Å². The van der Waals surface area contributed by atoms with Gasteiger partial charge in [-0.05, 0) is 48.2 Å². The molecule has 1 N–H and O–H groups in total. The van der Waals surface area contributed by atoms with E-state index in [2.05, 4.69) is 37.3 Å². The number of thioether (sulfide) groups is 2. The first kappa shape index (κ1) is 13.8. The summed E-state index contributed by atoms with van der Waals surface area (Å²) >= 11 is 4.01. The lowest BCUT2D eigenvalue weighted by molar-refractivity contribution is 0.0640. The minimum Gasteiger partial charge on any atom is -0.390 e. The highest BCUT2D eigenvalue weighted by atomic mass is 32.2. The molecule has 2 unspecified atom stereocenters. The molecule has 0 bridgehead atoms. The third-order valence-electron chi connectivity index (χ3n) is 4.55. The molecule has 3 rings (SSSR count). The number of hydrogen-bond donors (Lipinski definition) is 1. The van der Waals surface area contributed by atoms with Crippen molar-refractivity contribution in [3.63, 3.8) is 0 Å². The van der Waals surface area contributed by atoms with E-state index in [4.69, 9.17) is 0 Å². The Bertz CT molecular complexity index is 428. The topological polar surface area (TPSA) is 20.2 Å². The Morgan fingerprint density at radius 2 is 1.84 bits per heavy atom. The van der Waals surface area contributed by atoms with Gasteiger partial charge >= 0.3 is 0 Å². The van der Waals surface area contributed by atoms with E-state index in [9.17, 15) is 5.11 Å². The van der Waals surface area contributed by atoms with Crippen LogP contribution in [0.3, 0.4) is 0 Å². The lowest BCUT2D eigenvalue weighted by atomic mass is 9.80. The van der Waals surface area contributed by atoms with Crippen LogP contribution >= 0.6 is 23.5 Å². The van der Waals surface area contributed by atoms with Crippen LogP contribution in [-0.2, 0) is 6.42 Å². The molecule has 1 aliphatic carbocycles. The molecule has 19 heavy (non-hydrogen) atoms. The Kier molecular flexibility index (Phi) is 3.89. The molecule has 2 aliphatic rings. The Balaban J connectivity index is 1.78. The zero-order valence-corrected chi connectivity index (χ0v) is 13.1. The second kappa shape index (κ2) is 5.34. The Hall–Kier alpha value is -0.120. The molecule has 1 saturated heterocycles. The largest absolute Gasteiger partial charge is 0.390 e. The van der Waals surface area contributed by atoms with Crippen molar-refractivity contribution in [2.45, 2.75) is 42.8 Å². The number of aliphatic hydroxyl groups is 1. The number of hydrogen-bond acceptors (Lipinski definition) is 3. The van der Waals surface area contributed by atoms with Crippen molar-refractivity contribution >= 4 is 23.5 Å². The summed E-state index contributed by atoms with van der Waals surface area (Å²) in [5.74, 6) is 2.43. The highest BCUT2D eigenvalue weighted by molar-refractivity contribution is 8.18. The van der Waals surface area contributed by atoms with Crippen LogP contribution in [0, 0.1) is 5.41 Å². The van der Waals surface area contributed by atoms with Gasteiger partial charge in [0.05, 0.1) is 10.2 Å². The number of aliphatic hydroxyl groups excluding tert-OH is 1. The normalized spacial score (nSPS) is 33.7. The van der Waals surface area contributed by atoms with E-state index < -0.39 is 0 Å². The molecular formula is C16H22OS2. The van der Waals surface area contributed by atoms with Crippen molar-refractivity contribution in [3.8, 4) is 0 Å². The van der Waals surface area contributed by atoms with Gasteiger partial charge < -0.3 is 5.11 Å². The summed E-state index contributed by atoms with van der Waals surface area (Å²) in [5, 5.41) is 10.9. The van der Waals surface area contributed by atoms with Crippen LogP contribution in [-0.4, -0.2) is 26.8 Å². The quantitative estimate of drug-likeness (QED) is 0.891. The third-order valence-corrected chi connectivity index (χ3v) is 8.08. The van der Waals surface area contributed by atoms with E-state index >= 15 is 0 Å². The summed E-state index contributed by atoms with van der Waals surface area (Å²) in [5.41, 5.74) is 1.39. The van der Waals surface area contributed by atoms with Gasteiger partial charge in [0, 0.05) is 0 Å². The van der Waals surface area contributed by atoms with Crippen LogP contribution in [0.2, 0.25) is 0 Å². The monoisotopic (exact) mass is 294 g/mol. The fourth-order valence-corrected chi connectivity index (χ4v) is 7.07. The van der Waals surface area contributed by atoms with E-state index in [0.29, 0.717) is 0 Å². The second-order valence-corrected chi connectivity index (χ2v) is 9.19. The molecule has 2 atom stereocenters. The molecule has 0 amide bonds. The SMILES string of the molecule is CC1(Cc2ccccc2)CCC2(SCCCS2)C1O. The summed E-state index contributed by atoms with van der Waals surface area (Å²) in [6.07, 6.45) is 4.41. The summed E-state index contributed by atoms with van der Waals surface area (Å²) in [4.78, 5) is 0. The molecule has 2 fully saturated rings. The van der Waals surface area contributed by atoms with E-state index in [0.717, 1.165) is 19.3 Å². The van der Waals surface area contributed by atoms with E-state index in [1.165, 1.54) is 23.5 Å². The summed E-state index contributed by atoms with van der Waals surface area (Å²) in [6.45, 7) is 2.27. The highest BCUT2D eigenvalue weighted by Gasteiger charge is 2.55. The van der Waals surface area contributed by atoms with Gasteiger partial charge in [-0.3, -0.25) is 0 Å². The first-order valence-electron chi connectivity index (χ1n) is 7.15. The van der Waals surface area contributed by atoms with Crippen LogP contribution in [0.25, 0.3) is 0 Å². The Labute approximate surface area is 124 Å². The molecular weight excluding hydrogens is 272 g/mol. The number of benzene rings is 1. The van der Waals surface area contributed by atoms with Gasteiger partial charge in [-0.15, -0.1) is 23.5 Å². The summed E-state index contributed by atoms with van der Waals surface area (Å²) in [7, 11) is 0. The van der Waals surface area contributed by atoms with E-state index in [1.54, 1.807) is 0 Å². The minimum atomic E-state index is -0.185. The van der Waals surface area contributed by atoms with E-state index in [-0.39, 0.29) is 15.6 Å². The molecule has 0 radical (unpaired) electrons. The molecule has 1 heterocycles. The molecule has 1 nitrogen and oxygen atoms in total. The van der Waals surface area contributed by atoms with Crippen LogP contribution in [0.5, 0.6) is 0 Å². The number of rotatable bonds is 2. The fraction of sp³-hybridized carbons (Fsp3) is 0.625. The Morgan fingerprint density at radius 1 is 1.16 bits per heavy atom. The van der Waals surface area contributed by atoms with Crippen LogP contribution in [0.15, 0.2) is 30.3 Å². The van der Waals surface area contributed by atoms with Gasteiger partial charge in [0.2, 0.25) is 0 Å². The maximum atomic E-state index is 10.9. The predicted octanol–water partition coefficient (Wildman–Crippen LogP) is 3.96. The van der Waals surface area contributed by atoms with Gasteiger partial charge in [-0.25, -0.2) is 0 Å². The molecule has 104 valence electrons. The fourth-order valence-electron chi connectivity index (χ4n) is 3.40. The standard InChI is InChI=1S/C16H22OS2/c1-15(12-13-6-3-2-4-7-13)8-9-16(14(15)17)18-10-5-11-19-16/h2-4,6-7,14,17H,5,8-12H2,1H3. The van der Waals surface area contributed by atoms with Gasteiger partial charge in [-0.2, -0.15) is 0 Å². The van der Waals surface area contributed by atoms with Crippen molar-refractivity contribution in [2.24, 2.45) is 5.41 Å². The van der Waals surface area contributed by atoms with Crippen LogP contribution in [0.4, 0.5) is 0 Å². The average Bonchev–Trinajstić information content (AvgIpc) is 2.67. The third kappa shape index (κ3) is 2.57. The molecule has 1 saturated carbocycles. The maximum Gasteiger partial charge on any atom is 0.0874 e. The van der Waals surface area contributed by atoms with Gasteiger partial charge in [0.15, 0.2) is 0 Å². The second-order valence-electron chi connectivity index (χ2n) is 6.08.